The van der Waals surface area contributed by atoms with Gasteiger partial charge in [-0.1, -0.05) is 24.3 Å². The van der Waals surface area contributed by atoms with Crippen LogP contribution in [0.1, 0.15) is 61.1 Å². The summed E-state index contributed by atoms with van der Waals surface area (Å²) in [7, 11) is 0. The number of aromatic nitrogens is 1. The molecule has 1 aliphatic heterocycles. The van der Waals surface area contributed by atoms with Crippen molar-refractivity contribution >= 4 is 18.3 Å². The van der Waals surface area contributed by atoms with Gasteiger partial charge in [0, 0.05) is 25.6 Å². The van der Waals surface area contributed by atoms with Crippen LogP contribution in [0.25, 0.3) is 0 Å². The average molecular weight is 562 g/mol. The largest absolute Gasteiger partial charge is 0.493 e. The minimum absolute atomic E-state index is 0.0136. The molecule has 3 aromatic rings. The van der Waals surface area contributed by atoms with Crippen LogP contribution in [-0.4, -0.2) is 41.1 Å². The van der Waals surface area contributed by atoms with Crippen LogP contribution in [-0.2, 0) is 28.9 Å². The van der Waals surface area contributed by atoms with Crippen LogP contribution in [0.2, 0.25) is 0 Å². The number of nitrogens with one attached hydrogen (secondary N) is 1. The van der Waals surface area contributed by atoms with Crippen LogP contribution in [0.4, 0.5) is 4.79 Å². The van der Waals surface area contributed by atoms with E-state index in [2.05, 4.69) is 10.3 Å². The fraction of sp³-hybridized carbons (Fsp3) is 0.355. The van der Waals surface area contributed by atoms with E-state index in [0.29, 0.717) is 43.4 Å². The molecular formula is C31H35N3O7. The van der Waals surface area contributed by atoms with Crippen molar-refractivity contribution in [3.05, 3.63) is 89.0 Å². The molecule has 10 heteroatoms. The Morgan fingerprint density at radius 2 is 1.90 bits per heavy atom. The van der Waals surface area contributed by atoms with Crippen molar-refractivity contribution < 1.29 is 33.3 Å². The first-order valence-electron chi connectivity index (χ1n) is 13.6. The Labute approximate surface area is 239 Å². The van der Waals surface area contributed by atoms with Crippen LogP contribution in [0.3, 0.4) is 0 Å². The number of alkyl carbamates (subject to hydrolysis) is 1. The summed E-state index contributed by atoms with van der Waals surface area (Å²) in [5, 5.41) is 11.8. The minimum atomic E-state index is -0.887. The fourth-order valence-corrected chi connectivity index (χ4v) is 4.22. The van der Waals surface area contributed by atoms with Crippen molar-refractivity contribution in [2.45, 2.75) is 65.0 Å². The highest BCUT2D eigenvalue weighted by Crippen LogP contribution is 2.26. The van der Waals surface area contributed by atoms with E-state index in [1.54, 1.807) is 26.1 Å². The lowest BCUT2D eigenvalue weighted by molar-refractivity contribution is -0.136. The predicted octanol–water partition coefficient (Wildman–Crippen LogP) is 5.73. The van der Waals surface area contributed by atoms with Gasteiger partial charge in [-0.2, -0.15) is 0 Å². The number of carboxylic acid groups (broad SMARTS) is 1. The molecule has 0 spiro atoms. The fourth-order valence-electron chi connectivity index (χ4n) is 4.22. The normalized spacial score (nSPS) is 14.4. The Hall–Kier alpha value is -4.60. The molecule has 2 aromatic carbocycles. The number of aliphatic imine (C=N–C) groups is 1. The Morgan fingerprint density at radius 1 is 1.10 bits per heavy atom. The van der Waals surface area contributed by atoms with E-state index in [1.807, 2.05) is 55.5 Å². The van der Waals surface area contributed by atoms with E-state index in [1.165, 1.54) is 0 Å². The summed E-state index contributed by atoms with van der Waals surface area (Å²) < 4.78 is 22.9. The number of nitrogens with zero attached hydrogens (tertiary/aromatic N) is 2. The van der Waals surface area contributed by atoms with Gasteiger partial charge in [-0.25, -0.2) is 14.8 Å². The molecule has 1 unspecified atom stereocenters. The van der Waals surface area contributed by atoms with Crippen molar-refractivity contribution in [1.82, 2.24) is 10.3 Å². The van der Waals surface area contributed by atoms with Gasteiger partial charge >= 0.3 is 12.1 Å². The van der Waals surface area contributed by atoms with Crippen LogP contribution < -0.4 is 14.8 Å². The number of carboxylic acids is 1. The number of amides is 1. The third-order valence-electron chi connectivity index (χ3n) is 6.28. The lowest BCUT2D eigenvalue weighted by Gasteiger charge is -2.14. The molecule has 4 rings (SSSR count). The van der Waals surface area contributed by atoms with E-state index in [0.717, 1.165) is 28.3 Å². The zero-order chi connectivity index (χ0) is 29.2. The van der Waals surface area contributed by atoms with Gasteiger partial charge in [0.2, 0.25) is 11.8 Å². The summed E-state index contributed by atoms with van der Waals surface area (Å²) in [4.78, 5) is 32.2. The van der Waals surface area contributed by atoms with Crippen molar-refractivity contribution in [2.75, 3.05) is 6.61 Å². The molecule has 1 atom stereocenters. The summed E-state index contributed by atoms with van der Waals surface area (Å²) in [5.41, 5.74) is 2.40. The molecule has 216 valence electrons. The van der Waals surface area contributed by atoms with Gasteiger partial charge in [-0.15, -0.1) is 0 Å². The van der Waals surface area contributed by atoms with Crippen molar-refractivity contribution in [2.24, 2.45) is 4.99 Å². The number of carbonyl (C=O) groups is 2. The average Bonchev–Trinajstić information content (AvgIpc) is 3.32. The smallest absolute Gasteiger partial charge is 0.407 e. The number of ether oxygens (including phenoxy) is 3. The van der Waals surface area contributed by atoms with E-state index in [9.17, 15) is 9.59 Å². The lowest BCUT2D eigenvalue weighted by atomic mass is 10.0. The molecule has 2 N–H and O–H groups in total. The maximum Gasteiger partial charge on any atom is 0.407 e. The highest BCUT2D eigenvalue weighted by Gasteiger charge is 2.21. The first-order chi connectivity index (χ1) is 19.8. The number of hydrogen-bond donors (Lipinski definition) is 2. The highest BCUT2D eigenvalue weighted by molar-refractivity contribution is 5.69. The molecule has 1 aliphatic rings. The first-order valence-corrected chi connectivity index (χ1v) is 13.6. The number of rotatable bonds is 13. The third-order valence-corrected chi connectivity index (χ3v) is 6.28. The molecule has 0 saturated heterocycles. The number of hydrogen-bond acceptors (Lipinski definition) is 8. The summed E-state index contributed by atoms with van der Waals surface area (Å²) in [5.74, 6) is 2.24. The maximum absolute atomic E-state index is 12.0. The number of aryl methyl sites for hydroxylation is 2. The minimum Gasteiger partial charge on any atom is -0.493 e. The van der Waals surface area contributed by atoms with Crippen molar-refractivity contribution in [3.63, 3.8) is 0 Å². The zero-order valence-corrected chi connectivity index (χ0v) is 23.5. The third kappa shape index (κ3) is 8.96. The van der Waals surface area contributed by atoms with Crippen LogP contribution >= 0.6 is 0 Å². The van der Waals surface area contributed by atoms with E-state index in [4.69, 9.17) is 28.7 Å². The quantitative estimate of drug-likeness (QED) is 0.270. The van der Waals surface area contributed by atoms with Gasteiger partial charge in [-0.05, 0) is 75.1 Å². The Morgan fingerprint density at radius 3 is 2.61 bits per heavy atom. The zero-order valence-electron chi connectivity index (χ0n) is 23.5. The van der Waals surface area contributed by atoms with Crippen molar-refractivity contribution in [1.29, 1.82) is 0 Å². The van der Waals surface area contributed by atoms with Gasteiger partial charge in [0.05, 0.1) is 24.3 Å². The predicted molar refractivity (Wildman–Crippen MR) is 152 cm³/mol. The Bertz CT molecular complexity index is 1400. The number of benzene rings is 2. The first kappa shape index (κ1) is 29.4. The molecule has 41 heavy (non-hydrogen) atoms. The second kappa shape index (κ2) is 14.2. The topological polar surface area (TPSA) is 132 Å². The van der Waals surface area contributed by atoms with Crippen LogP contribution in [0.5, 0.6) is 11.5 Å². The number of aliphatic carboxylic acids is 1. The van der Waals surface area contributed by atoms with E-state index in [-0.39, 0.29) is 25.0 Å². The Kier molecular flexibility index (Phi) is 10.1. The molecule has 1 amide bonds. The number of allylic oxidation sites excluding steroid dienone is 1. The summed E-state index contributed by atoms with van der Waals surface area (Å²) >= 11 is 0. The monoisotopic (exact) mass is 561 g/mol. The summed E-state index contributed by atoms with van der Waals surface area (Å²) in [6.45, 7) is 5.96. The number of oxazole rings is 1. The molecule has 0 bridgehead atoms. The van der Waals surface area contributed by atoms with Gasteiger partial charge in [0.25, 0.3) is 0 Å². The molecule has 1 aromatic heterocycles. The number of carbonyl (C=O) groups excluding carboxylic acids is 1. The number of para-hydroxylation sites is 1. The van der Waals surface area contributed by atoms with Gasteiger partial charge in [0.15, 0.2) is 0 Å². The molecule has 0 saturated carbocycles. The van der Waals surface area contributed by atoms with Crippen LogP contribution in [0.15, 0.2) is 69.9 Å². The molecule has 2 heterocycles. The lowest BCUT2D eigenvalue weighted by Crippen LogP contribution is -2.26. The summed E-state index contributed by atoms with van der Waals surface area (Å²) in [6.07, 6.45) is 4.46. The second-order valence-electron chi connectivity index (χ2n) is 9.86. The van der Waals surface area contributed by atoms with Gasteiger partial charge in [0.1, 0.15) is 17.3 Å². The highest BCUT2D eigenvalue weighted by atomic mass is 16.6. The van der Waals surface area contributed by atoms with E-state index < -0.39 is 12.1 Å². The molecule has 0 radical (unpaired) electrons. The SMILES string of the molecule is Cc1oc(C2C=NC(Oc3ccccc3)=CC2)nc1CCOc1ccc(CCC(=O)O)c(CNC(=O)OC(C)C)c1. The van der Waals surface area contributed by atoms with Gasteiger partial charge in [-0.3, -0.25) is 4.79 Å². The molecule has 0 aliphatic carbocycles. The van der Waals surface area contributed by atoms with Crippen molar-refractivity contribution in [3.8, 4) is 11.5 Å². The molecule has 10 nitrogen and oxygen atoms in total. The van der Waals surface area contributed by atoms with Gasteiger partial charge < -0.3 is 29.1 Å². The van der Waals surface area contributed by atoms with E-state index >= 15 is 0 Å². The standard InChI is InChI=1S/C31H35N3O7/c1-20(2)39-31(37)33-19-24-17-26(12-9-22(24)11-14-29(35)36)38-16-15-27-21(3)40-30(34-27)23-10-13-28(32-18-23)41-25-7-5-4-6-8-25/h4-9,12-13,17-18,20,23H,10-11,14-16,19H2,1-3H3,(H,33,37)(H,35,36). The van der Waals surface area contributed by atoms with Crippen LogP contribution in [0, 0.1) is 6.92 Å². The Balaban J connectivity index is 1.33. The maximum atomic E-state index is 12.0. The summed E-state index contributed by atoms with van der Waals surface area (Å²) in [6, 6.07) is 14.9. The molecule has 0 fully saturated rings. The second-order valence-corrected chi connectivity index (χ2v) is 9.86. The molecular weight excluding hydrogens is 526 g/mol.